The summed E-state index contributed by atoms with van der Waals surface area (Å²) in [5, 5.41) is 168. The lowest BCUT2D eigenvalue weighted by Gasteiger charge is -2.39. The molecular formula is C71H63F16N5O20S4. The molecule has 6 saturated heterocycles. The number of benzene rings is 4. The first-order valence-electron chi connectivity index (χ1n) is 34.5. The Morgan fingerprint density at radius 2 is 0.517 bits per heavy atom. The van der Waals surface area contributed by atoms with Gasteiger partial charge in [0.25, 0.3) is 0 Å². The van der Waals surface area contributed by atoms with Crippen LogP contribution < -0.4 is 16.0 Å². The Labute approximate surface area is 656 Å². The molecule has 0 saturated carbocycles. The first-order valence-corrected chi connectivity index (χ1v) is 38.1. The minimum absolute atomic E-state index is 0.337. The van der Waals surface area contributed by atoms with Gasteiger partial charge in [-0.2, -0.15) is 0 Å². The summed E-state index contributed by atoms with van der Waals surface area (Å²) in [6, 6.07) is 4.20. The van der Waals surface area contributed by atoms with Crippen LogP contribution in [0.4, 0.5) is 70.2 Å². The summed E-state index contributed by atoms with van der Waals surface area (Å²) < 4.78 is 303. The quantitative estimate of drug-likeness (QED) is 0.0478. The summed E-state index contributed by atoms with van der Waals surface area (Å²) in [6.45, 7) is -5.46. The predicted octanol–water partition coefficient (Wildman–Crippen LogP) is 1.27. The van der Waals surface area contributed by atoms with Crippen molar-refractivity contribution in [1.29, 1.82) is 0 Å². The minimum Gasteiger partial charge on any atom is -0.394 e. The summed E-state index contributed by atoms with van der Waals surface area (Å²) in [6.07, 6.45) is -34.0. The van der Waals surface area contributed by atoms with E-state index in [0.717, 1.165) is 12.1 Å². The van der Waals surface area contributed by atoms with E-state index in [1.807, 2.05) is 0 Å². The van der Waals surface area contributed by atoms with Crippen LogP contribution >= 0.6 is 47.0 Å². The van der Waals surface area contributed by atoms with Crippen LogP contribution in [0.2, 0.25) is 0 Å². The number of rotatable bonds is 16. The smallest absolute Gasteiger partial charge is 0.176 e. The van der Waals surface area contributed by atoms with Gasteiger partial charge in [0.15, 0.2) is 93.1 Å². The van der Waals surface area contributed by atoms with Crippen molar-refractivity contribution in [2.45, 2.75) is 139 Å². The third-order valence-electron chi connectivity index (χ3n) is 20.9. The highest BCUT2D eigenvalue weighted by molar-refractivity contribution is 8.00. The van der Waals surface area contributed by atoms with Crippen LogP contribution in [0.5, 0.6) is 0 Å². The lowest BCUT2D eigenvalue weighted by atomic mass is 9.87. The van der Waals surface area contributed by atoms with Crippen LogP contribution in [0, 0.1) is 105 Å². The Morgan fingerprint density at radius 3 is 0.741 bits per heavy atom. The number of hydrogen-bond acceptors (Lipinski definition) is 26. The van der Waals surface area contributed by atoms with Crippen molar-refractivity contribution in [1.82, 2.24) is 25.2 Å². The number of thioether (sulfide) groups is 4. The number of nitrogens with one attached hydrogen (secondary N) is 4. The van der Waals surface area contributed by atoms with Gasteiger partial charge in [0.2, 0.25) is 0 Å². The number of aromatic nitrogens is 3. The molecule has 0 radical (unpaired) electrons. The highest BCUT2D eigenvalue weighted by Crippen LogP contribution is 2.53. The second-order valence-corrected chi connectivity index (χ2v) is 32.3. The second kappa shape index (κ2) is 33.0. The van der Waals surface area contributed by atoms with Crippen molar-refractivity contribution in [3.05, 3.63) is 197 Å². The third kappa shape index (κ3) is 14.2. The number of aliphatic hydroxyl groups is 16. The molecule has 4 aromatic carbocycles. The molecule has 3 aromatic heterocycles. The summed E-state index contributed by atoms with van der Waals surface area (Å²) in [4.78, 5) is 2.11. The van der Waals surface area contributed by atoms with E-state index in [0.29, 0.717) is 24.3 Å². The summed E-state index contributed by atoms with van der Waals surface area (Å²) in [5.41, 5.74) is -26.2. The highest BCUT2D eigenvalue weighted by Gasteiger charge is 2.53. The number of ether oxygens (including phenoxy) is 4. The zero-order valence-electron chi connectivity index (χ0n) is 58.3. The summed E-state index contributed by atoms with van der Waals surface area (Å²) in [7, 11) is 1.34. The maximum Gasteiger partial charge on any atom is 0.176 e. The van der Waals surface area contributed by atoms with Gasteiger partial charge in [-0.25, -0.2) is 70.2 Å². The number of aromatic amines is 3. The van der Waals surface area contributed by atoms with Gasteiger partial charge in [0.05, 0.1) is 68.3 Å². The summed E-state index contributed by atoms with van der Waals surface area (Å²) >= 11 is -1.37. The molecule has 8 bridgehead atoms. The maximum absolute atomic E-state index is 18.0. The van der Waals surface area contributed by atoms with E-state index in [1.54, 1.807) is 0 Å². The van der Waals surface area contributed by atoms with Crippen molar-refractivity contribution >= 4 is 69.3 Å². The van der Waals surface area contributed by atoms with Gasteiger partial charge < -0.3 is 126 Å². The van der Waals surface area contributed by atoms with Crippen LogP contribution in [-0.4, -0.2) is 268 Å². The van der Waals surface area contributed by atoms with Crippen molar-refractivity contribution in [3.8, 4) is 0 Å². The fourth-order valence-corrected chi connectivity index (χ4v) is 19.5. The number of H-pyrrole nitrogens is 3. The zero-order valence-corrected chi connectivity index (χ0v) is 61.6. The van der Waals surface area contributed by atoms with Crippen LogP contribution in [0.3, 0.4) is 0 Å². The van der Waals surface area contributed by atoms with Crippen LogP contribution in [0.25, 0.3) is 22.3 Å². The standard InChI is InChI=1S/C71H63F16N5O20S4/c1-92-8-14-15(9-92)51-29(33-40(78)48(86)67(49(87)41(33)79)116-71-63(108)59(104)55(100)25(13-96)112-71)21-7-5-19(90-21)27(31-36(74)44(82)65(45(83)37(31)75)114-69-61(106)57(102)53(98)23(11-94)110-69)17-3-2-16(88-17)26(30-34(72)42(80)64(43(81)35(30)73)113-68-60(105)56(101)52(97)22(10-93)109-68)18-4-6-20(89-18)28(50(14)91-51)32-38(76)46(84)66(47(85)39(32)77)115-70-62(107)58(103)54(99)24(12-95)111-70/h2-7,14-15,22-25,52-63,68-71,88-91,93-108H,8-13H2,1H3/t14?,15?,22-,23-,24-,25-,52-,53-,54-,55-,56+,57+,58+,59+,60-,61-,62-,63-,68+,69+,70+,71+/m1/s1. The number of likely N-dealkylation sites (tertiary alicyclic amines) is 1. The molecule has 25 nitrogen and oxygen atoms in total. The van der Waals surface area contributed by atoms with E-state index in [9.17, 15) is 81.7 Å². The maximum atomic E-state index is 18.0. The fraction of sp³-hybridized carbons (Fsp3) is 0.408. The number of halogens is 16. The molecule has 7 aromatic rings. The van der Waals surface area contributed by atoms with Crippen molar-refractivity contribution in [2.75, 3.05) is 46.6 Å². The van der Waals surface area contributed by atoms with Crippen molar-refractivity contribution < 1.29 is 171 Å². The average Bonchev–Trinajstić information content (AvgIpc) is 1.55. The molecule has 628 valence electrons. The van der Waals surface area contributed by atoms with E-state index >= 15 is 70.2 Å². The van der Waals surface area contributed by atoms with Crippen molar-refractivity contribution in [3.63, 3.8) is 0 Å². The van der Waals surface area contributed by atoms with Gasteiger partial charge in [-0.15, -0.1) is 0 Å². The molecule has 10 heterocycles. The minimum atomic E-state index is -2.45. The molecule has 6 fully saturated rings. The summed E-state index contributed by atoms with van der Waals surface area (Å²) in [5.74, 6) is -41.7. The molecule has 0 spiro atoms. The van der Waals surface area contributed by atoms with Crippen LogP contribution in [-0.2, 0) is 18.9 Å². The number of fused-ring (bicyclic) bond motifs is 11. The SMILES string of the molecule is CN1CC2C3=C(c4c(F)c(F)c(S[C@@H]5O[C@H](CO)[C@@H](O)[C@H](O)[C@H]5O)c(F)c4F)c4ccc([nH]4)C(c4c(F)c(F)c(S[C@@H]5O[C@H](CO)[C@@H](O)[C@H](O)[C@H]5O)c(F)c4F)=c4ccc([nH]4)=C(c4c(F)c(F)c(S[C@@H]5O[C@H](CO)[C@@H](O)[C@H](O)[C@H]5O)c(F)c4F)c4ccc([nH]4)C(c4c(F)c(F)c(S[C@@H]5O[C@H](CO)[C@@H](O)[C@H](O)[C@H]5O)c(F)c4F)=C(N3)C2C1. The molecule has 0 amide bonds. The van der Waals surface area contributed by atoms with E-state index < -0.39 is 373 Å². The third-order valence-corrected chi connectivity index (χ3v) is 25.8. The van der Waals surface area contributed by atoms with Crippen LogP contribution in [0.15, 0.2) is 67.4 Å². The predicted molar refractivity (Wildman–Crippen MR) is 368 cm³/mol. The monoisotopic (exact) mass is 1740 g/mol. The zero-order chi connectivity index (χ0) is 84.0. The van der Waals surface area contributed by atoms with Crippen LogP contribution in [0.1, 0.15) is 45.0 Å². The Morgan fingerprint density at radius 1 is 0.302 bits per heavy atom. The topological polar surface area (TPSA) is 423 Å². The Hall–Kier alpha value is -6.82. The normalized spacial score (nSPS) is 31.1. The Bertz CT molecular complexity index is 4830. The van der Waals surface area contributed by atoms with Gasteiger partial charge in [-0.1, -0.05) is 47.0 Å². The van der Waals surface area contributed by atoms with Gasteiger partial charge in [-0.3, -0.25) is 0 Å². The van der Waals surface area contributed by atoms with Gasteiger partial charge in [0.1, 0.15) is 119 Å². The average molecular weight is 1740 g/mol. The lowest BCUT2D eigenvalue weighted by molar-refractivity contribution is -0.205. The molecule has 22 atom stereocenters. The molecule has 0 aliphatic carbocycles. The molecule has 20 N–H and O–H groups in total. The molecule has 7 aliphatic rings. The van der Waals surface area contributed by atoms with E-state index in [2.05, 4.69) is 20.3 Å². The first-order chi connectivity index (χ1) is 54.9. The molecule has 14 rings (SSSR count). The Balaban J connectivity index is 1.08. The lowest BCUT2D eigenvalue weighted by Crippen LogP contribution is -2.57. The molecular weight excluding hydrogens is 1680 g/mol. The highest BCUT2D eigenvalue weighted by atomic mass is 32.2. The molecule has 45 heteroatoms. The second-order valence-electron chi connectivity index (χ2n) is 27.8. The van der Waals surface area contributed by atoms with Gasteiger partial charge >= 0.3 is 0 Å². The number of hydrogen-bond donors (Lipinski definition) is 20. The van der Waals surface area contributed by atoms with Crippen molar-refractivity contribution in [2.24, 2.45) is 11.8 Å². The fourth-order valence-electron chi connectivity index (χ4n) is 15.0. The van der Waals surface area contributed by atoms with E-state index in [1.165, 1.54) is 11.9 Å². The Kier molecular flexibility index (Phi) is 24.3. The number of nitrogens with zero attached hydrogens (tertiary/aromatic N) is 1. The molecule has 2 unspecified atom stereocenters. The van der Waals surface area contributed by atoms with E-state index in [4.69, 9.17) is 18.9 Å². The largest absolute Gasteiger partial charge is 0.394 e. The van der Waals surface area contributed by atoms with E-state index in [-0.39, 0.29) is 47.0 Å². The first kappa shape index (κ1) is 85.6. The number of aliphatic hydroxyl groups excluding tert-OH is 16. The van der Waals surface area contributed by atoms with Gasteiger partial charge in [-0.05, 0) is 43.4 Å². The van der Waals surface area contributed by atoms with Gasteiger partial charge in [0, 0.05) is 92.1 Å². The molecule has 116 heavy (non-hydrogen) atoms. The molecule has 7 aliphatic heterocycles.